The fraction of sp³-hybridized carbons (Fsp3) is 0.571. The number of thioether (sulfide) groups is 1. The maximum Gasteiger partial charge on any atom is 0.0619 e. The van der Waals surface area contributed by atoms with Crippen LogP contribution >= 0.6 is 11.8 Å². The van der Waals surface area contributed by atoms with Crippen molar-refractivity contribution in [2.45, 2.75) is 30.2 Å². The molecule has 2 nitrogen and oxygen atoms in total. The van der Waals surface area contributed by atoms with E-state index < -0.39 is 0 Å². The van der Waals surface area contributed by atoms with Gasteiger partial charge in [-0.05, 0) is 31.5 Å². The molecular weight excluding hydrogens is 230 g/mol. The van der Waals surface area contributed by atoms with Gasteiger partial charge in [0.2, 0.25) is 0 Å². The summed E-state index contributed by atoms with van der Waals surface area (Å²) in [4.78, 5) is 1.33. The van der Waals surface area contributed by atoms with Gasteiger partial charge in [0, 0.05) is 16.7 Å². The van der Waals surface area contributed by atoms with Crippen LogP contribution in [-0.4, -0.2) is 31.6 Å². The molecule has 1 aliphatic rings. The van der Waals surface area contributed by atoms with Gasteiger partial charge in [-0.2, -0.15) is 0 Å². The van der Waals surface area contributed by atoms with Gasteiger partial charge in [0.1, 0.15) is 0 Å². The molecule has 0 radical (unpaired) electrons. The zero-order valence-electron chi connectivity index (χ0n) is 10.2. The molecule has 2 rings (SSSR count). The molecule has 3 heteroatoms. The van der Waals surface area contributed by atoms with Crippen LogP contribution in [0.3, 0.4) is 0 Å². The summed E-state index contributed by atoms with van der Waals surface area (Å²) in [5.74, 6) is 1.04. The van der Waals surface area contributed by atoms with Crippen molar-refractivity contribution in [1.82, 2.24) is 5.32 Å². The van der Waals surface area contributed by atoms with E-state index >= 15 is 0 Å². The highest BCUT2D eigenvalue weighted by molar-refractivity contribution is 7.99. The summed E-state index contributed by atoms with van der Waals surface area (Å²) in [6.45, 7) is 2.87. The minimum absolute atomic E-state index is 0.588. The van der Waals surface area contributed by atoms with Crippen LogP contribution in [0.25, 0.3) is 0 Å². The Morgan fingerprint density at radius 3 is 2.88 bits per heavy atom. The van der Waals surface area contributed by atoms with E-state index in [1.807, 2.05) is 11.8 Å². The lowest BCUT2D eigenvalue weighted by Gasteiger charge is -2.23. The van der Waals surface area contributed by atoms with Crippen molar-refractivity contribution >= 4 is 11.8 Å². The van der Waals surface area contributed by atoms with Gasteiger partial charge < -0.3 is 10.1 Å². The zero-order valence-corrected chi connectivity index (χ0v) is 11.0. The number of hydrogen-bond donors (Lipinski definition) is 1. The van der Waals surface area contributed by atoms with E-state index in [4.69, 9.17) is 4.74 Å². The SMILES string of the molecule is c1ccc(SCCOCC2CCCCN2)cc1. The van der Waals surface area contributed by atoms with Crippen molar-refractivity contribution in [2.75, 3.05) is 25.5 Å². The lowest BCUT2D eigenvalue weighted by atomic mass is 10.1. The fourth-order valence-electron chi connectivity index (χ4n) is 2.03. The Balaban J connectivity index is 1.51. The predicted molar refractivity (Wildman–Crippen MR) is 73.6 cm³/mol. The number of benzene rings is 1. The van der Waals surface area contributed by atoms with Crippen LogP contribution in [0.4, 0.5) is 0 Å². The lowest BCUT2D eigenvalue weighted by Crippen LogP contribution is -2.37. The smallest absolute Gasteiger partial charge is 0.0619 e. The van der Waals surface area contributed by atoms with Crippen LogP contribution in [0.5, 0.6) is 0 Å². The van der Waals surface area contributed by atoms with Crippen LogP contribution in [0.1, 0.15) is 19.3 Å². The molecule has 1 aromatic rings. The molecule has 1 aromatic carbocycles. The Labute approximate surface area is 108 Å². The Hall–Kier alpha value is -0.510. The van der Waals surface area contributed by atoms with Crippen molar-refractivity contribution in [1.29, 1.82) is 0 Å². The Kier molecular flexibility index (Phi) is 5.89. The summed E-state index contributed by atoms with van der Waals surface area (Å²) in [5.41, 5.74) is 0. The first kappa shape index (κ1) is 12.9. The van der Waals surface area contributed by atoms with Crippen LogP contribution in [0.2, 0.25) is 0 Å². The number of rotatable bonds is 6. The van der Waals surface area contributed by atoms with Gasteiger partial charge in [-0.3, -0.25) is 0 Å². The van der Waals surface area contributed by atoms with Crippen molar-refractivity contribution < 1.29 is 4.74 Å². The molecule has 0 amide bonds. The highest BCUT2D eigenvalue weighted by atomic mass is 32.2. The molecule has 94 valence electrons. The fourth-order valence-corrected chi connectivity index (χ4v) is 2.81. The van der Waals surface area contributed by atoms with Gasteiger partial charge >= 0.3 is 0 Å². The van der Waals surface area contributed by atoms with Gasteiger partial charge in [0.15, 0.2) is 0 Å². The summed E-state index contributed by atoms with van der Waals surface area (Å²) < 4.78 is 5.71. The molecule has 0 aromatic heterocycles. The molecule has 0 spiro atoms. The van der Waals surface area contributed by atoms with Crippen LogP contribution in [0, 0.1) is 0 Å². The third kappa shape index (κ3) is 5.11. The van der Waals surface area contributed by atoms with E-state index in [9.17, 15) is 0 Å². The van der Waals surface area contributed by atoms with E-state index in [1.165, 1.54) is 24.2 Å². The molecule has 1 heterocycles. The minimum Gasteiger partial charge on any atom is -0.379 e. The predicted octanol–water partition coefficient (Wildman–Crippen LogP) is 2.94. The summed E-state index contributed by atoms with van der Waals surface area (Å²) in [6.07, 6.45) is 3.94. The van der Waals surface area contributed by atoms with E-state index in [2.05, 4.69) is 35.6 Å². The van der Waals surface area contributed by atoms with E-state index in [0.717, 1.165) is 25.5 Å². The zero-order chi connectivity index (χ0) is 11.8. The van der Waals surface area contributed by atoms with Gasteiger partial charge in [-0.25, -0.2) is 0 Å². The largest absolute Gasteiger partial charge is 0.379 e. The maximum absolute atomic E-state index is 5.71. The van der Waals surface area contributed by atoms with E-state index in [-0.39, 0.29) is 0 Å². The van der Waals surface area contributed by atoms with Crippen molar-refractivity contribution in [3.05, 3.63) is 30.3 Å². The molecule has 1 atom stereocenters. The average molecular weight is 251 g/mol. The maximum atomic E-state index is 5.71. The summed E-state index contributed by atoms with van der Waals surface area (Å²) in [7, 11) is 0. The second-order valence-electron chi connectivity index (χ2n) is 4.38. The first-order chi connectivity index (χ1) is 8.45. The molecule has 17 heavy (non-hydrogen) atoms. The Morgan fingerprint density at radius 2 is 2.12 bits per heavy atom. The number of piperidine rings is 1. The molecule has 1 aliphatic heterocycles. The van der Waals surface area contributed by atoms with E-state index in [1.54, 1.807) is 0 Å². The molecule has 0 aliphatic carbocycles. The average Bonchev–Trinajstić information content (AvgIpc) is 2.41. The third-order valence-corrected chi connectivity index (χ3v) is 3.95. The van der Waals surface area contributed by atoms with Crippen LogP contribution in [-0.2, 0) is 4.74 Å². The quantitative estimate of drug-likeness (QED) is 0.620. The van der Waals surface area contributed by atoms with Gasteiger partial charge in [-0.1, -0.05) is 24.6 Å². The van der Waals surface area contributed by atoms with Crippen LogP contribution in [0.15, 0.2) is 35.2 Å². The molecule has 1 unspecified atom stereocenters. The Morgan fingerprint density at radius 1 is 1.24 bits per heavy atom. The highest BCUT2D eigenvalue weighted by Gasteiger charge is 2.11. The topological polar surface area (TPSA) is 21.3 Å². The second kappa shape index (κ2) is 7.75. The van der Waals surface area contributed by atoms with Gasteiger partial charge in [0.25, 0.3) is 0 Å². The van der Waals surface area contributed by atoms with Crippen molar-refractivity contribution in [3.63, 3.8) is 0 Å². The Bertz CT molecular complexity index is 298. The highest BCUT2D eigenvalue weighted by Crippen LogP contribution is 2.16. The minimum atomic E-state index is 0.588. The first-order valence-corrected chi connectivity index (χ1v) is 7.43. The summed E-state index contributed by atoms with van der Waals surface area (Å²) >= 11 is 1.86. The number of hydrogen-bond acceptors (Lipinski definition) is 3. The summed E-state index contributed by atoms with van der Waals surface area (Å²) in [6, 6.07) is 11.1. The van der Waals surface area contributed by atoms with Gasteiger partial charge in [0.05, 0.1) is 13.2 Å². The third-order valence-electron chi connectivity index (χ3n) is 2.97. The first-order valence-electron chi connectivity index (χ1n) is 6.44. The van der Waals surface area contributed by atoms with E-state index in [0.29, 0.717) is 6.04 Å². The lowest BCUT2D eigenvalue weighted by molar-refractivity contribution is 0.116. The molecule has 1 fully saturated rings. The van der Waals surface area contributed by atoms with Crippen molar-refractivity contribution in [2.24, 2.45) is 0 Å². The van der Waals surface area contributed by atoms with Gasteiger partial charge in [-0.15, -0.1) is 11.8 Å². The standard InChI is InChI=1S/C14H21NOS/c1-2-7-14(8-3-1)17-11-10-16-12-13-6-4-5-9-15-13/h1-3,7-8,13,15H,4-6,9-12H2. The summed E-state index contributed by atoms with van der Waals surface area (Å²) in [5, 5.41) is 3.50. The normalized spacial score (nSPS) is 20.4. The van der Waals surface area contributed by atoms with Crippen molar-refractivity contribution in [3.8, 4) is 0 Å². The van der Waals surface area contributed by atoms with Crippen LogP contribution < -0.4 is 5.32 Å². The molecular formula is C14H21NOS. The monoisotopic (exact) mass is 251 g/mol. The second-order valence-corrected chi connectivity index (χ2v) is 5.55. The molecule has 1 N–H and O–H groups in total. The molecule has 1 saturated heterocycles. The number of ether oxygens (including phenoxy) is 1. The molecule has 0 bridgehead atoms. The molecule has 0 saturated carbocycles. The number of nitrogens with one attached hydrogen (secondary N) is 1.